The van der Waals surface area contributed by atoms with Gasteiger partial charge in [-0.1, -0.05) is 193 Å². The van der Waals surface area contributed by atoms with Crippen LogP contribution in [-0.4, -0.2) is 0 Å². The standard InChI is InChI=1S/C32H44.C28H36.2C26H32/c1-7-9-11-25-15-27-28-16-26(12-10-8-2)24(6)14-30(28)32-19-21(3)17-31(32,18-22(4)20-32)29(27)13-23(25)5;1-7-21-11-23-24-12-22(8-2)20(6)10-26(24)28-15-17(3)13-27(28,14-18(4)16-28)25(23)9-19(21)5;2*1-15-11-25-13-16(2)14-26(25,12-15)24-10-20(6)18(4)8-22(24)21-7-17(3)19(5)9-23(21)25/h13-16,21-22H,7-12,17-20H2,1-6H3;9-12,17-18H,7-8,13-16H2,1-6H3;2*7-10,15-16H,11-14H2,1-6H3. The van der Waals surface area contributed by atoms with E-state index in [1.165, 1.54) is 208 Å². The molecule has 0 saturated heterocycles. The van der Waals surface area contributed by atoms with Gasteiger partial charge in [-0.3, -0.25) is 0 Å². The van der Waals surface area contributed by atoms with Gasteiger partial charge < -0.3 is 0 Å². The van der Waals surface area contributed by atoms with Crippen LogP contribution in [0.2, 0.25) is 0 Å². The molecule has 8 aromatic carbocycles. The maximum Gasteiger partial charge on any atom is 0.00615 e. The average Bonchev–Trinajstić information content (AvgIpc) is 1.50. The maximum absolute atomic E-state index is 2.67. The van der Waals surface area contributed by atoms with Crippen molar-refractivity contribution >= 4 is 0 Å². The van der Waals surface area contributed by atoms with E-state index in [1.54, 1.807) is 111 Å². The van der Waals surface area contributed by atoms with Gasteiger partial charge in [0.15, 0.2) is 0 Å². The molecule has 592 valence electrons. The zero-order valence-electron chi connectivity index (χ0n) is 74.8. The fraction of sp³-hybridized carbons (Fsp3) is 0.571. The Morgan fingerprint density at radius 1 is 0.196 bits per heavy atom. The van der Waals surface area contributed by atoms with Gasteiger partial charge in [0.2, 0.25) is 0 Å². The Bertz CT molecular complexity index is 4590. The van der Waals surface area contributed by atoms with Gasteiger partial charge >= 0.3 is 0 Å². The smallest absolute Gasteiger partial charge is 0.00615 e. The molecule has 12 aliphatic carbocycles. The molecule has 0 nitrogen and oxygen atoms in total. The molecule has 0 unspecified atom stereocenters. The molecule has 8 aromatic rings. The summed E-state index contributed by atoms with van der Waals surface area (Å²) in [6.45, 7) is 57.1. The van der Waals surface area contributed by atoms with Crippen molar-refractivity contribution in [2.45, 2.75) is 364 Å². The summed E-state index contributed by atoms with van der Waals surface area (Å²) in [6, 6.07) is 41.3. The largest absolute Gasteiger partial charge is 0.0654 e. The lowest BCUT2D eigenvalue weighted by atomic mass is 9.55. The maximum atomic E-state index is 2.67. The second kappa shape index (κ2) is 27.7. The summed E-state index contributed by atoms with van der Waals surface area (Å²) in [4.78, 5) is 0. The average molecular weight is 1490 g/mol. The Kier molecular flexibility index (Phi) is 19.4. The molecule has 112 heavy (non-hydrogen) atoms. The molecule has 0 radical (unpaired) electrons. The third-order valence-electron chi connectivity index (χ3n) is 34.9. The molecule has 8 saturated carbocycles. The number of benzene rings is 8. The molecule has 0 atom stereocenters. The van der Waals surface area contributed by atoms with E-state index < -0.39 is 0 Å². The lowest BCUT2D eigenvalue weighted by Gasteiger charge is -2.48. The van der Waals surface area contributed by atoms with Gasteiger partial charge in [-0.25, -0.2) is 0 Å². The molecule has 0 amide bonds. The Labute approximate surface area is 681 Å². The quantitative estimate of drug-likeness (QED) is 0.142. The number of hydrogen-bond donors (Lipinski definition) is 0. The summed E-state index contributed by atoms with van der Waals surface area (Å²) in [5, 5.41) is 0. The number of fused-ring (bicyclic) bond motifs is 12. The predicted octanol–water partition coefficient (Wildman–Crippen LogP) is 30.3. The van der Waals surface area contributed by atoms with Crippen LogP contribution in [0.15, 0.2) is 97.1 Å². The van der Waals surface area contributed by atoms with Crippen molar-refractivity contribution < 1.29 is 0 Å². The molecule has 0 N–H and O–H groups in total. The Morgan fingerprint density at radius 2 is 0.339 bits per heavy atom. The van der Waals surface area contributed by atoms with E-state index in [1.807, 2.05) is 0 Å². The first-order valence-corrected chi connectivity index (χ1v) is 46.3. The summed E-state index contributed by atoms with van der Waals surface area (Å²) in [5.74, 6) is 6.58. The van der Waals surface area contributed by atoms with Crippen molar-refractivity contribution in [2.24, 2.45) is 47.3 Å². The molecule has 12 aliphatic rings. The molecule has 8 fully saturated rings. The topological polar surface area (TPSA) is 0 Å². The molecular formula is C112H144. The van der Waals surface area contributed by atoms with E-state index in [4.69, 9.17) is 0 Å². The summed E-state index contributed by atoms with van der Waals surface area (Å²) >= 11 is 0. The third kappa shape index (κ3) is 11.1. The number of unbranched alkanes of at least 4 members (excludes halogenated alkanes) is 2. The fourth-order valence-electron chi connectivity index (χ4n) is 31.0. The highest BCUT2D eigenvalue weighted by Gasteiger charge is 2.70. The van der Waals surface area contributed by atoms with E-state index in [9.17, 15) is 0 Å². The van der Waals surface area contributed by atoms with Crippen LogP contribution in [0, 0.1) is 130 Å². The van der Waals surface area contributed by atoms with Crippen LogP contribution in [0.4, 0.5) is 0 Å². The highest BCUT2D eigenvalue weighted by Crippen LogP contribution is 2.77. The van der Waals surface area contributed by atoms with Gasteiger partial charge in [-0.15, -0.1) is 0 Å². The van der Waals surface area contributed by atoms with Crippen molar-refractivity contribution in [3.05, 3.63) is 231 Å². The summed E-state index contributed by atoms with van der Waals surface area (Å²) in [5.41, 5.74) is 53.1. The summed E-state index contributed by atoms with van der Waals surface area (Å²) in [7, 11) is 0. The van der Waals surface area contributed by atoms with Gasteiger partial charge in [-0.05, 0) is 450 Å². The van der Waals surface area contributed by atoms with Crippen molar-refractivity contribution in [3.8, 4) is 44.5 Å². The van der Waals surface area contributed by atoms with Gasteiger partial charge in [0.1, 0.15) is 0 Å². The molecule has 0 heteroatoms. The predicted molar refractivity (Wildman–Crippen MR) is 481 cm³/mol. The summed E-state index contributed by atoms with van der Waals surface area (Å²) in [6.07, 6.45) is 31.9. The van der Waals surface area contributed by atoms with Crippen molar-refractivity contribution in [1.82, 2.24) is 0 Å². The van der Waals surface area contributed by atoms with E-state index in [-0.39, 0.29) is 0 Å². The Morgan fingerprint density at radius 3 is 0.509 bits per heavy atom. The minimum Gasteiger partial charge on any atom is -0.0654 e. The first kappa shape index (κ1) is 78.3. The van der Waals surface area contributed by atoms with Crippen LogP contribution in [0.25, 0.3) is 44.5 Å². The van der Waals surface area contributed by atoms with Gasteiger partial charge in [0, 0.05) is 43.3 Å². The van der Waals surface area contributed by atoms with Gasteiger partial charge in [0.25, 0.3) is 0 Å². The SMILES string of the molecule is CCCCc1cc2c(cc1C)C13CC(C)CC1(CC(C)C3)c1cc(C)c(CCCC)cc1-2.CCc1cc2c(cc1C)C13CC(C)CC1(CC(C)C3)c1cc(C)c(CC)cc1-2.Cc1cc2c(cc1C)C13CC(C)CC1(CC(C)C3)c1cc(C)c(C)cc1-2.Cc1cc2c(cc1C)C13CC(C)CC1(CC(C)C3)c1cc(C)c(C)cc1-2. The third-order valence-corrected chi connectivity index (χ3v) is 34.9. The highest BCUT2D eigenvalue weighted by atomic mass is 14.7. The molecule has 0 aliphatic heterocycles. The van der Waals surface area contributed by atoms with Crippen molar-refractivity contribution in [2.75, 3.05) is 0 Å². The molecule has 0 spiro atoms. The zero-order valence-corrected chi connectivity index (χ0v) is 74.8. The molecule has 0 bridgehead atoms. The first-order valence-electron chi connectivity index (χ1n) is 46.3. The normalized spacial score (nSPS) is 32.6. The fourth-order valence-corrected chi connectivity index (χ4v) is 31.0. The Balaban J connectivity index is 0.000000109. The van der Waals surface area contributed by atoms with Crippen LogP contribution in [0.5, 0.6) is 0 Å². The van der Waals surface area contributed by atoms with E-state index in [0.717, 1.165) is 60.2 Å². The first-order chi connectivity index (χ1) is 53.2. The van der Waals surface area contributed by atoms with Gasteiger partial charge in [0.05, 0.1) is 0 Å². The van der Waals surface area contributed by atoms with Crippen LogP contribution in [0.3, 0.4) is 0 Å². The summed E-state index contributed by atoms with van der Waals surface area (Å²) < 4.78 is 0. The van der Waals surface area contributed by atoms with E-state index in [2.05, 4.69) is 263 Å². The molecule has 0 heterocycles. The molecule has 20 rings (SSSR count). The van der Waals surface area contributed by atoms with Gasteiger partial charge in [-0.2, -0.15) is 0 Å². The van der Waals surface area contributed by atoms with Crippen molar-refractivity contribution in [1.29, 1.82) is 0 Å². The zero-order chi connectivity index (χ0) is 79.4. The monoisotopic (exact) mass is 1490 g/mol. The second-order valence-corrected chi connectivity index (χ2v) is 42.9. The lowest BCUT2D eigenvalue weighted by molar-refractivity contribution is 0.298. The van der Waals surface area contributed by atoms with Crippen LogP contribution in [0.1, 0.15) is 345 Å². The number of hydrogen-bond acceptors (Lipinski definition) is 0. The van der Waals surface area contributed by atoms with Crippen LogP contribution < -0.4 is 0 Å². The number of rotatable bonds is 8. The highest BCUT2D eigenvalue weighted by molar-refractivity contribution is 5.85. The van der Waals surface area contributed by atoms with Crippen LogP contribution in [-0.2, 0) is 69.0 Å². The lowest BCUT2D eigenvalue weighted by Crippen LogP contribution is -2.43. The van der Waals surface area contributed by atoms with E-state index >= 15 is 0 Å². The molecular weight excluding hydrogens is 1350 g/mol. The van der Waals surface area contributed by atoms with Crippen LogP contribution >= 0.6 is 0 Å². The minimum atomic E-state index is 0.361. The number of aryl methyl sites for hydroxylation is 16. The van der Waals surface area contributed by atoms with E-state index in [0.29, 0.717) is 43.3 Å². The van der Waals surface area contributed by atoms with Crippen molar-refractivity contribution in [3.63, 3.8) is 0 Å². The second-order valence-electron chi connectivity index (χ2n) is 42.9. The molecule has 0 aromatic heterocycles. The Hall–Kier alpha value is -6.24. The minimum absolute atomic E-state index is 0.361.